The average Bonchev–Trinajstić information content (AvgIpc) is 2.82. The molecule has 1 aliphatic heterocycles. The van der Waals surface area contributed by atoms with Crippen molar-refractivity contribution in [3.8, 4) is 0 Å². The van der Waals surface area contributed by atoms with Gasteiger partial charge in [-0.05, 0) is 31.2 Å². The molecular formula is C13H21NOS. The molecule has 1 saturated heterocycles. The molecule has 4 unspecified atom stereocenters. The monoisotopic (exact) mass is 239 g/mol. The van der Waals surface area contributed by atoms with E-state index in [0.29, 0.717) is 24.0 Å². The zero-order valence-electron chi connectivity index (χ0n) is 10.3. The second kappa shape index (κ2) is 5.30. The molecule has 0 aliphatic carbocycles. The smallest absolute Gasteiger partial charge is 0.0594 e. The molecule has 4 atom stereocenters. The molecule has 2 nitrogen and oxygen atoms in total. The SMILES string of the molecule is CC1OC(C)C(CNCc2cccs2)C1C. The molecule has 16 heavy (non-hydrogen) atoms. The van der Waals surface area contributed by atoms with Gasteiger partial charge in [-0.2, -0.15) is 0 Å². The van der Waals surface area contributed by atoms with Gasteiger partial charge in [0.25, 0.3) is 0 Å². The van der Waals surface area contributed by atoms with Gasteiger partial charge in [0.05, 0.1) is 12.2 Å². The second-order valence-corrected chi connectivity index (χ2v) is 5.81. The van der Waals surface area contributed by atoms with E-state index < -0.39 is 0 Å². The van der Waals surface area contributed by atoms with Gasteiger partial charge in [-0.25, -0.2) is 0 Å². The van der Waals surface area contributed by atoms with Gasteiger partial charge in [-0.1, -0.05) is 13.0 Å². The molecule has 1 fully saturated rings. The van der Waals surface area contributed by atoms with E-state index in [1.807, 2.05) is 11.3 Å². The minimum absolute atomic E-state index is 0.390. The molecule has 1 N–H and O–H groups in total. The van der Waals surface area contributed by atoms with Crippen molar-refractivity contribution in [3.05, 3.63) is 22.4 Å². The predicted octanol–water partition coefficient (Wildman–Crippen LogP) is 2.90. The summed E-state index contributed by atoms with van der Waals surface area (Å²) in [6, 6.07) is 4.28. The second-order valence-electron chi connectivity index (χ2n) is 4.78. The first-order valence-electron chi connectivity index (χ1n) is 6.07. The van der Waals surface area contributed by atoms with Crippen molar-refractivity contribution in [1.29, 1.82) is 0 Å². The first kappa shape index (κ1) is 12.1. The number of hydrogen-bond acceptors (Lipinski definition) is 3. The molecule has 2 rings (SSSR count). The van der Waals surface area contributed by atoms with Crippen LogP contribution in [0.3, 0.4) is 0 Å². The van der Waals surface area contributed by atoms with Gasteiger partial charge in [0.2, 0.25) is 0 Å². The van der Waals surface area contributed by atoms with Gasteiger partial charge < -0.3 is 10.1 Å². The number of thiophene rings is 1. The lowest BCUT2D eigenvalue weighted by molar-refractivity contribution is 0.0511. The standard InChI is InChI=1S/C13H21NOS/c1-9-10(2)15-11(3)13(9)8-14-7-12-5-4-6-16-12/h4-6,9-11,13-14H,7-8H2,1-3H3. The van der Waals surface area contributed by atoms with Crippen LogP contribution >= 0.6 is 11.3 Å². The zero-order chi connectivity index (χ0) is 11.5. The Labute approximate surface area is 102 Å². The van der Waals surface area contributed by atoms with Gasteiger partial charge in [-0.15, -0.1) is 11.3 Å². The molecule has 3 heteroatoms. The molecule has 1 aromatic heterocycles. The third kappa shape index (κ3) is 2.65. The van der Waals surface area contributed by atoms with Crippen LogP contribution in [0.1, 0.15) is 25.6 Å². The maximum atomic E-state index is 5.84. The first-order chi connectivity index (χ1) is 7.68. The number of rotatable bonds is 4. The summed E-state index contributed by atoms with van der Waals surface area (Å²) in [5.74, 6) is 1.31. The average molecular weight is 239 g/mol. The van der Waals surface area contributed by atoms with Crippen LogP contribution in [0.15, 0.2) is 17.5 Å². The highest BCUT2D eigenvalue weighted by molar-refractivity contribution is 7.09. The zero-order valence-corrected chi connectivity index (χ0v) is 11.1. The first-order valence-corrected chi connectivity index (χ1v) is 6.95. The molecule has 2 heterocycles. The lowest BCUT2D eigenvalue weighted by atomic mass is 9.89. The molecule has 1 aliphatic rings. The fraction of sp³-hybridized carbons (Fsp3) is 0.692. The van der Waals surface area contributed by atoms with Crippen molar-refractivity contribution in [2.45, 2.75) is 39.5 Å². The van der Waals surface area contributed by atoms with Crippen LogP contribution in [0.4, 0.5) is 0 Å². The third-order valence-electron chi connectivity index (χ3n) is 3.71. The van der Waals surface area contributed by atoms with Crippen molar-refractivity contribution in [1.82, 2.24) is 5.32 Å². The normalized spacial score (nSPS) is 34.4. The highest BCUT2D eigenvalue weighted by Gasteiger charge is 2.36. The van der Waals surface area contributed by atoms with Gasteiger partial charge in [0.1, 0.15) is 0 Å². The van der Waals surface area contributed by atoms with E-state index in [9.17, 15) is 0 Å². The van der Waals surface area contributed by atoms with Gasteiger partial charge in [-0.3, -0.25) is 0 Å². The van der Waals surface area contributed by atoms with Crippen LogP contribution in [0.5, 0.6) is 0 Å². The highest BCUT2D eigenvalue weighted by Crippen LogP contribution is 2.31. The van der Waals surface area contributed by atoms with Crippen LogP contribution in [-0.4, -0.2) is 18.8 Å². The number of hydrogen-bond donors (Lipinski definition) is 1. The Kier molecular flexibility index (Phi) is 4.00. The van der Waals surface area contributed by atoms with Crippen molar-refractivity contribution in [3.63, 3.8) is 0 Å². The Morgan fingerprint density at radius 3 is 2.69 bits per heavy atom. The molecule has 0 saturated carbocycles. The molecule has 0 radical (unpaired) electrons. The van der Waals surface area contributed by atoms with Crippen LogP contribution in [-0.2, 0) is 11.3 Å². The van der Waals surface area contributed by atoms with Gasteiger partial charge in [0, 0.05) is 23.9 Å². The maximum Gasteiger partial charge on any atom is 0.0594 e. The predicted molar refractivity (Wildman–Crippen MR) is 68.7 cm³/mol. The van der Waals surface area contributed by atoms with Crippen molar-refractivity contribution >= 4 is 11.3 Å². The summed E-state index contributed by atoms with van der Waals surface area (Å²) in [5.41, 5.74) is 0. The minimum atomic E-state index is 0.390. The molecule has 0 bridgehead atoms. The molecule has 90 valence electrons. The Bertz CT molecular complexity index is 312. The summed E-state index contributed by atoms with van der Waals surface area (Å²) in [7, 11) is 0. The van der Waals surface area contributed by atoms with Crippen LogP contribution in [0.2, 0.25) is 0 Å². The van der Waals surface area contributed by atoms with E-state index in [1.165, 1.54) is 4.88 Å². The summed E-state index contributed by atoms with van der Waals surface area (Å²) >= 11 is 1.81. The minimum Gasteiger partial charge on any atom is -0.375 e. The number of nitrogens with one attached hydrogen (secondary N) is 1. The van der Waals surface area contributed by atoms with E-state index in [4.69, 9.17) is 4.74 Å². The van der Waals surface area contributed by atoms with E-state index in [0.717, 1.165) is 13.1 Å². The van der Waals surface area contributed by atoms with Gasteiger partial charge in [0.15, 0.2) is 0 Å². The molecule has 0 spiro atoms. The lowest BCUT2D eigenvalue weighted by Crippen LogP contribution is -2.30. The molecule has 0 aromatic carbocycles. The largest absolute Gasteiger partial charge is 0.375 e. The van der Waals surface area contributed by atoms with Gasteiger partial charge >= 0.3 is 0 Å². The van der Waals surface area contributed by atoms with Crippen molar-refractivity contribution < 1.29 is 4.74 Å². The summed E-state index contributed by atoms with van der Waals surface area (Å²) in [6.07, 6.45) is 0.796. The lowest BCUT2D eigenvalue weighted by Gasteiger charge is -2.18. The Morgan fingerprint density at radius 1 is 1.31 bits per heavy atom. The summed E-state index contributed by atoms with van der Waals surface area (Å²) < 4.78 is 5.84. The van der Waals surface area contributed by atoms with E-state index in [1.54, 1.807) is 0 Å². The summed E-state index contributed by atoms with van der Waals surface area (Å²) in [5, 5.41) is 5.67. The quantitative estimate of drug-likeness (QED) is 0.872. The van der Waals surface area contributed by atoms with Crippen molar-refractivity contribution in [2.24, 2.45) is 11.8 Å². The highest BCUT2D eigenvalue weighted by atomic mass is 32.1. The van der Waals surface area contributed by atoms with Crippen LogP contribution in [0, 0.1) is 11.8 Å². The maximum absolute atomic E-state index is 5.84. The number of ether oxygens (including phenoxy) is 1. The van der Waals surface area contributed by atoms with Crippen LogP contribution in [0.25, 0.3) is 0 Å². The van der Waals surface area contributed by atoms with Crippen LogP contribution < -0.4 is 5.32 Å². The molecular weight excluding hydrogens is 218 g/mol. The third-order valence-corrected chi connectivity index (χ3v) is 4.58. The molecule has 1 aromatic rings. The fourth-order valence-corrected chi connectivity index (χ4v) is 3.14. The van der Waals surface area contributed by atoms with E-state index >= 15 is 0 Å². The topological polar surface area (TPSA) is 21.3 Å². The van der Waals surface area contributed by atoms with E-state index in [2.05, 4.69) is 43.6 Å². The summed E-state index contributed by atoms with van der Waals surface area (Å²) in [6.45, 7) is 8.72. The van der Waals surface area contributed by atoms with Crippen molar-refractivity contribution in [2.75, 3.05) is 6.54 Å². The fourth-order valence-electron chi connectivity index (χ4n) is 2.47. The summed E-state index contributed by atoms with van der Waals surface area (Å²) in [4.78, 5) is 1.41. The Morgan fingerprint density at radius 2 is 2.12 bits per heavy atom. The Balaban J connectivity index is 1.77. The Hall–Kier alpha value is -0.380. The van der Waals surface area contributed by atoms with E-state index in [-0.39, 0.29) is 0 Å². The molecule has 0 amide bonds.